The van der Waals surface area contributed by atoms with E-state index in [2.05, 4.69) is 5.10 Å². The van der Waals surface area contributed by atoms with Gasteiger partial charge in [-0.2, -0.15) is 23.3 Å². The molecular formula is C18H23F3N2O3. The van der Waals surface area contributed by atoms with E-state index in [1.165, 1.54) is 0 Å². The number of aryl methyl sites for hydroxylation is 2. The lowest BCUT2D eigenvalue weighted by Crippen LogP contribution is -2.57. The molecule has 1 N–H and O–H groups in total. The zero-order chi connectivity index (χ0) is 19.7. The number of carbonyl (C=O) groups excluding carboxylic acids is 1. The lowest BCUT2D eigenvalue weighted by Gasteiger charge is -2.32. The first-order valence-electron chi connectivity index (χ1n) is 8.32. The van der Waals surface area contributed by atoms with Gasteiger partial charge in [-0.3, -0.25) is 4.79 Å². The van der Waals surface area contributed by atoms with Crippen LogP contribution in [-0.4, -0.2) is 40.2 Å². The Balaban J connectivity index is 2.18. The van der Waals surface area contributed by atoms with Crippen molar-refractivity contribution in [1.29, 1.82) is 0 Å². The first-order chi connectivity index (χ1) is 11.9. The smallest absolute Gasteiger partial charge is 0.438 e. The third kappa shape index (κ3) is 4.35. The highest BCUT2D eigenvalue weighted by Gasteiger charge is 2.63. The highest BCUT2D eigenvalue weighted by Crippen LogP contribution is 2.41. The van der Waals surface area contributed by atoms with E-state index in [9.17, 15) is 23.1 Å². The number of amides is 1. The number of benzene rings is 1. The van der Waals surface area contributed by atoms with E-state index in [4.69, 9.17) is 4.74 Å². The molecule has 1 amide bonds. The molecule has 1 aliphatic heterocycles. The van der Waals surface area contributed by atoms with Crippen molar-refractivity contribution in [2.24, 2.45) is 11.0 Å². The number of carbonyl (C=O) groups is 1. The number of rotatable bonds is 5. The summed E-state index contributed by atoms with van der Waals surface area (Å²) < 4.78 is 45.5. The average Bonchev–Trinajstić information content (AvgIpc) is 2.80. The molecule has 0 aliphatic carbocycles. The summed E-state index contributed by atoms with van der Waals surface area (Å²) in [6, 6.07) is 5.25. The van der Waals surface area contributed by atoms with Gasteiger partial charge in [-0.25, -0.2) is 0 Å². The second-order valence-electron chi connectivity index (χ2n) is 7.07. The van der Waals surface area contributed by atoms with E-state index >= 15 is 0 Å². The highest BCUT2D eigenvalue weighted by molar-refractivity contribution is 5.91. The van der Waals surface area contributed by atoms with Crippen molar-refractivity contribution >= 4 is 11.6 Å². The van der Waals surface area contributed by atoms with Gasteiger partial charge in [-0.15, -0.1) is 0 Å². The number of hydrogen-bond donors (Lipinski definition) is 1. The Bertz CT molecular complexity index is 696. The SMILES string of the molecule is Cc1cc(C)cc(OCC(=O)N2N=C(CC(C)C)CC2(O)C(F)(F)F)c1. The molecular weight excluding hydrogens is 349 g/mol. The van der Waals surface area contributed by atoms with Crippen molar-refractivity contribution < 1.29 is 27.8 Å². The predicted octanol–water partition coefficient (Wildman–Crippen LogP) is 3.57. The van der Waals surface area contributed by atoms with Crippen LogP contribution in [0.25, 0.3) is 0 Å². The first-order valence-corrected chi connectivity index (χ1v) is 8.32. The van der Waals surface area contributed by atoms with Crippen LogP contribution in [0, 0.1) is 19.8 Å². The van der Waals surface area contributed by atoms with Gasteiger partial charge in [-0.05, 0) is 49.4 Å². The van der Waals surface area contributed by atoms with Gasteiger partial charge in [0.1, 0.15) is 5.75 Å². The molecule has 2 rings (SSSR count). The first kappa shape index (κ1) is 20.2. The van der Waals surface area contributed by atoms with E-state index in [0.717, 1.165) is 11.1 Å². The van der Waals surface area contributed by atoms with E-state index in [0.29, 0.717) is 5.75 Å². The Hall–Kier alpha value is -2.09. The minimum Gasteiger partial charge on any atom is -0.484 e. The Morgan fingerprint density at radius 3 is 2.38 bits per heavy atom. The molecule has 0 saturated carbocycles. The van der Waals surface area contributed by atoms with Crippen molar-refractivity contribution in [3.8, 4) is 5.75 Å². The van der Waals surface area contributed by atoms with Crippen LogP contribution in [-0.2, 0) is 4.79 Å². The fraction of sp³-hybridized carbons (Fsp3) is 0.556. The number of ether oxygens (including phenoxy) is 1. The van der Waals surface area contributed by atoms with E-state index < -0.39 is 30.8 Å². The molecule has 144 valence electrons. The lowest BCUT2D eigenvalue weighted by atomic mass is 9.99. The van der Waals surface area contributed by atoms with Gasteiger partial charge in [0.05, 0.1) is 0 Å². The fourth-order valence-corrected chi connectivity index (χ4v) is 2.91. The van der Waals surface area contributed by atoms with Crippen LogP contribution in [0.15, 0.2) is 23.3 Å². The normalized spacial score (nSPS) is 20.5. The predicted molar refractivity (Wildman–Crippen MR) is 90.8 cm³/mol. The van der Waals surface area contributed by atoms with Crippen LogP contribution in [0.3, 0.4) is 0 Å². The maximum Gasteiger partial charge on any atom is 0.438 e. The van der Waals surface area contributed by atoms with Crippen molar-refractivity contribution in [3.63, 3.8) is 0 Å². The number of hydrazone groups is 1. The van der Waals surface area contributed by atoms with Gasteiger partial charge < -0.3 is 9.84 Å². The summed E-state index contributed by atoms with van der Waals surface area (Å²) in [6.07, 6.45) is -5.51. The van der Waals surface area contributed by atoms with Gasteiger partial charge in [-0.1, -0.05) is 19.9 Å². The second-order valence-corrected chi connectivity index (χ2v) is 7.07. The number of aliphatic hydroxyl groups is 1. The molecule has 0 radical (unpaired) electrons. The molecule has 0 spiro atoms. The lowest BCUT2D eigenvalue weighted by molar-refractivity contribution is -0.302. The Morgan fingerprint density at radius 2 is 1.88 bits per heavy atom. The zero-order valence-corrected chi connectivity index (χ0v) is 15.2. The van der Waals surface area contributed by atoms with E-state index in [-0.39, 0.29) is 23.1 Å². The largest absolute Gasteiger partial charge is 0.484 e. The van der Waals surface area contributed by atoms with Crippen molar-refractivity contribution in [2.75, 3.05) is 6.61 Å². The highest BCUT2D eigenvalue weighted by atomic mass is 19.4. The number of nitrogens with zero attached hydrogens (tertiary/aromatic N) is 2. The standard InChI is InChI=1S/C18H23F3N2O3/c1-11(2)5-14-9-17(25,18(19,20)21)23(22-14)16(24)10-26-15-7-12(3)6-13(4)8-15/h6-8,11,25H,5,9-10H2,1-4H3. The molecule has 1 aromatic rings. The molecule has 1 aliphatic rings. The van der Waals surface area contributed by atoms with Gasteiger partial charge in [0.25, 0.3) is 11.6 Å². The Morgan fingerprint density at radius 1 is 1.31 bits per heavy atom. The van der Waals surface area contributed by atoms with Crippen LogP contribution in [0.1, 0.15) is 37.8 Å². The minimum absolute atomic E-state index is 0.0489. The van der Waals surface area contributed by atoms with Crippen molar-refractivity contribution in [2.45, 2.75) is 52.4 Å². The van der Waals surface area contributed by atoms with Gasteiger partial charge in [0.2, 0.25) is 0 Å². The minimum atomic E-state index is -5.02. The maximum absolute atomic E-state index is 13.4. The summed E-state index contributed by atoms with van der Waals surface area (Å²) in [6.45, 7) is 6.67. The number of halogens is 3. The summed E-state index contributed by atoms with van der Waals surface area (Å²) in [5.41, 5.74) is -1.39. The summed E-state index contributed by atoms with van der Waals surface area (Å²) in [4.78, 5) is 12.3. The third-order valence-corrected chi connectivity index (χ3v) is 3.93. The Kier molecular flexibility index (Phi) is 5.65. The topological polar surface area (TPSA) is 62.1 Å². The summed E-state index contributed by atoms with van der Waals surface area (Å²) >= 11 is 0. The van der Waals surface area contributed by atoms with Gasteiger partial charge >= 0.3 is 6.18 Å². The van der Waals surface area contributed by atoms with Gasteiger partial charge in [0.15, 0.2) is 6.61 Å². The van der Waals surface area contributed by atoms with Crippen LogP contribution in [0.2, 0.25) is 0 Å². The molecule has 8 heteroatoms. The second kappa shape index (κ2) is 7.26. The molecule has 5 nitrogen and oxygen atoms in total. The summed E-state index contributed by atoms with van der Waals surface area (Å²) in [5, 5.41) is 14.0. The fourth-order valence-electron chi connectivity index (χ4n) is 2.91. The molecule has 26 heavy (non-hydrogen) atoms. The van der Waals surface area contributed by atoms with E-state index in [1.807, 2.05) is 33.8 Å². The molecule has 0 aromatic heterocycles. The Labute approximate surface area is 150 Å². The summed E-state index contributed by atoms with van der Waals surface area (Å²) in [5.74, 6) is -0.632. The third-order valence-electron chi connectivity index (χ3n) is 3.93. The molecule has 0 saturated heterocycles. The molecule has 1 heterocycles. The van der Waals surface area contributed by atoms with Gasteiger partial charge in [0, 0.05) is 12.1 Å². The summed E-state index contributed by atoms with van der Waals surface area (Å²) in [7, 11) is 0. The molecule has 1 unspecified atom stereocenters. The monoisotopic (exact) mass is 372 g/mol. The van der Waals surface area contributed by atoms with Crippen LogP contribution in [0.5, 0.6) is 5.75 Å². The average molecular weight is 372 g/mol. The maximum atomic E-state index is 13.4. The van der Waals surface area contributed by atoms with E-state index in [1.54, 1.807) is 12.1 Å². The van der Waals surface area contributed by atoms with Crippen LogP contribution in [0.4, 0.5) is 13.2 Å². The number of alkyl halides is 3. The molecule has 1 aromatic carbocycles. The quantitative estimate of drug-likeness (QED) is 0.860. The van der Waals surface area contributed by atoms with Crippen molar-refractivity contribution in [1.82, 2.24) is 5.01 Å². The van der Waals surface area contributed by atoms with Crippen LogP contribution >= 0.6 is 0 Å². The molecule has 1 atom stereocenters. The van der Waals surface area contributed by atoms with Crippen molar-refractivity contribution in [3.05, 3.63) is 29.3 Å². The zero-order valence-electron chi connectivity index (χ0n) is 15.2. The molecule has 0 fully saturated rings. The van der Waals surface area contributed by atoms with Crippen LogP contribution < -0.4 is 4.74 Å². The number of hydrogen-bond acceptors (Lipinski definition) is 4. The molecule has 0 bridgehead atoms.